The molecule has 7 nitrogen and oxygen atoms in total. The number of hydrogen-bond acceptors (Lipinski definition) is 8. The molecule has 0 amide bonds. The average Bonchev–Trinajstić information content (AvgIpc) is 2.81. The molecular formula is C26H22O7S. The third-order valence-corrected chi connectivity index (χ3v) is 6.76. The Labute approximate surface area is 200 Å². The Balaban J connectivity index is 1.93. The van der Waals surface area contributed by atoms with Crippen LogP contribution in [0.4, 0.5) is 0 Å². The lowest BCUT2D eigenvalue weighted by atomic mass is 9.80. The lowest BCUT2D eigenvalue weighted by Crippen LogP contribution is -2.22. The summed E-state index contributed by atoms with van der Waals surface area (Å²) in [4.78, 5) is 52.9. The first-order valence-corrected chi connectivity index (χ1v) is 11.5. The minimum Gasteiger partial charge on any atom is -0.496 e. The highest BCUT2D eigenvalue weighted by Gasteiger charge is 2.36. The summed E-state index contributed by atoms with van der Waals surface area (Å²) < 4.78 is 10.9. The first-order chi connectivity index (χ1) is 16.2. The van der Waals surface area contributed by atoms with E-state index in [1.165, 1.54) is 26.4 Å². The minimum atomic E-state index is -0.431. The third-order valence-electron chi connectivity index (χ3n) is 5.76. The highest BCUT2D eigenvalue weighted by atomic mass is 32.2. The molecular weight excluding hydrogens is 456 g/mol. The number of allylic oxidation sites excluding steroid dienone is 4. The van der Waals surface area contributed by atoms with Crippen LogP contribution < -0.4 is 9.47 Å². The Kier molecular flexibility index (Phi) is 6.29. The van der Waals surface area contributed by atoms with Crippen molar-refractivity contribution in [2.45, 2.75) is 13.8 Å². The summed E-state index contributed by atoms with van der Waals surface area (Å²) in [6.07, 6.45) is 2.48. The molecule has 0 aliphatic heterocycles. The van der Waals surface area contributed by atoms with Crippen LogP contribution in [0.3, 0.4) is 0 Å². The molecule has 0 fully saturated rings. The van der Waals surface area contributed by atoms with Crippen LogP contribution in [-0.2, 0) is 0 Å². The van der Waals surface area contributed by atoms with E-state index in [2.05, 4.69) is 0 Å². The number of ether oxygens (including phenoxy) is 2. The van der Waals surface area contributed by atoms with Crippen molar-refractivity contribution < 1.29 is 33.8 Å². The summed E-state index contributed by atoms with van der Waals surface area (Å²) in [5.74, 6) is -0.974. The number of ketones is 4. The molecule has 8 heteroatoms. The van der Waals surface area contributed by atoms with Crippen LogP contribution >= 0.6 is 11.8 Å². The number of methoxy groups -OCH3 is 2. The van der Waals surface area contributed by atoms with Gasteiger partial charge in [0.15, 0.2) is 17.3 Å². The molecule has 0 radical (unpaired) electrons. The summed E-state index contributed by atoms with van der Waals surface area (Å²) in [5, 5.41) is 9.13. The quantitative estimate of drug-likeness (QED) is 0.669. The standard InChI is InChI=1S/C26H22O7S/c1-12-7-15-22(19(8-12)32-3)18(29)10-16(24(15)30)21-13(2)9-14-17(28)11-20(34-6-5-27)25(31)23(14)26(21)33-4/h7-11,27H,5-6H2,1-4H3. The van der Waals surface area contributed by atoms with Crippen LogP contribution in [0.25, 0.3) is 5.57 Å². The van der Waals surface area contributed by atoms with Crippen LogP contribution in [-0.4, -0.2) is 54.8 Å². The SMILES string of the molecule is COc1cc(C)cc2c1C(=O)C=C(c1c(C)cc3c(c1OC)C(=O)C(SCCO)=CC3=O)C2=O. The van der Waals surface area contributed by atoms with Crippen LogP contribution in [0.2, 0.25) is 0 Å². The van der Waals surface area contributed by atoms with E-state index < -0.39 is 17.3 Å². The zero-order valence-electron chi connectivity index (χ0n) is 19.1. The molecule has 0 bridgehead atoms. The average molecular weight is 479 g/mol. The van der Waals surface area contributed by atoms with Crippen LogP contribution in [0.5, 0.6) is 11.5 Å². The van der Waals surface area contributed by atoms with Gasteiger partial charge in [0.2, 0.25) is 5.78 Å². The second-order valence-electron chi connectivity index (χ2n) is 7.94. The molecule has 0 unspecified atom stereocenters. The Bertz CT molecular complexity index is 1350. The number of fused-ring (bicyclic) bond motifs is 2. The van der Waals surface area contributed by atoms with E-state index in [9.17, 15) is 19.2 Å². The predicted molar refractivity (Wildman–Crippen MR) is 128 cm³/mol. The molecule has 0 aromatic heterocycles. The number of aliphatic hydroxyl groups is 1. The number of thioether (sulfide) groups is 1. The molecule has 2 aromatic carbocycles. The van der Waals surface area contributed by atoms with Crippen molar-refractivity contribution in [2.75, 3.05) is 26.6 Å². The van der Waals surface area contributed by atoms with Gasteiger partial charge in [0.25, 0.3) is 0 Å². The maximum absolute atomic E-state index is 13.6. The van der Waals surface area contributed by atoms with Crippen molar-refractivity contribution in [2.24, 2.45) is 0 Å². The minimum absolute atomic E-state index is 0.0461. The number of aliphatic hydroxyl groups excluding tert-OH is 1. The van der Waals surface area contributed by atoms with Gasteiger partial charge in [-0.05, 0) is 49.2 Å². The Morgan fingerprint density at radius 3 is 2.21 bits per heavy atom. The van der Waals surface area contributed by atoms with Gasteiger partial charge in [0.05, 0.1) is 36.9 Å². The fraction of sp³-hybridized carbons (Fsp3) is 0.231. The van der Waals surface area contributed by atoms with Gasteiger partial charge in [0.1, 0.15) is 11.5 Å². The van der Waals surface area contributed by atoms with Crippen molar-refractivity contribution in [3.63, 3.8) is 0 Å². The largest absolute Gasteiger partial charge is 0.496 e. The van der Waals surface area contributed by atoms with Gasteiger partial charge >= 0.3 is 0 Å². The second-order valence-corrected chi connectivity index (χ2v) is 9.08. The van der Waals surface area contributed by atoms with Gasteiger partial charge in [-0.15, -0.1) is 11.8 Å². The summed E-state index contributed by atoms with van der Waals surface area (Å²) >= 11 is 1.07. The summed E-state index contributed by atoms with van der Waals surface area (Å²) in [6, 6.07) is 4.87. The van der Waals surface area contributed by atoms with Crippen molar-refractivity contribution in [3.8, 4) is 11.5 Å². The van der Waals surface area contributed by atoms with Gasteiger partial charge in [-0.1, -0.05) is 0 Å². The Morgan fingerprint density at radius 1 is 0.824 bits per heavy atom. The van der Waals surface area contributed by atoms with E-state index in [-0.39, 0.29) is 56.6 Å². The molecule has 2 aliphatic rings. The van der Waals surface area contributed by atoms with Crippen LogP contribution in [0, 0.1) is 13.8 Å². The molecule has 4 rings (SSSR count). The fourth-order valence-corrected chi connectivity index (χ4v) is 5.08. The number of carbonyl (C=O) groups excluding carboxylic acids is 4. The Morgan fingerprint density at radius 2 is 1.56 bits per heavy atom. The molecule has 174 valence electrons. The van der Waals surface area contributed by atoms with Crippen molar-refractivity contribution >= 4 is 40.5 Å². The maximum atomic E-state index is 13.6. The van der Waals surface area contributed by atoms with Crippen LogP contribution in [0.1, 0.15) is 58.1 Å². The molecule has 0 spiro atoms. The molecule has 0 saturated heterocycles. The lowest BCUT2D eigenvalue weighted by Gasteiger charge is -2.24. The van der Waals surface area contributed by atoms with E-state index in [4.69, 9.17) is 14.6 Å². The lowest BCUT2D eigenvalue weighted by molar-refractivity contribution is 0.0988. The van der Waals surface area contributed by atoms with Gasteiger partial charge in [-0.3, -0.25) is 19.2 Å². The van der Waals surface area contributed by atoms with Crippen molar-refractivity contribution in [3.05, 3.63) is 74.2 Å². The van der Waals surface area contributed by atoms with E-state index in [1.807, 2.05) is 0 Å². The van der Waals surface area contributed by atoms with Crippen LogP contribution in [0.15, 0.2) is 35.3 Å². The topological polar surface area (TPSA) is 107 Å². The predicted octanol–water partition coefficient (Wildman–Crippen LogP) is 3.77. The normalized spacial score (nSPS) is 15.0. The first-order valence-electron chi connectivity index (χ1n) is 10.5. The molecule has 2 aromatic rings. The number of hydrogen-bond donors (Lipinski definition) is 1. The van der Waals surface area contributed by atoms with E-state index in [0.29, 0.717) is 16.9 Å². The smallest absolute Gasteiger partial charge is 0.203 e. The fourth-order valence-electron chi connectivity index (χ4n) is 4.34. The highest BCUT2D eigenvalue weighted by molar-refractivity contribution is 8.04. The second kappa shape index (κ2) is 9.04. The van der Waals surface area contributed by atoms with E-state index in [0.717, 1.165) is 17.3 Å². The molecule has 2 aliphatic carbocycles. The molecule has 0 atom stereocenters. The van der Waals surface area contributed by atoms with Crippen molar-refractivity contribution in [1.29, 1.82) is 0 Å². The summed E-state index contributed by atoms with van der Waals surface area (Å²) in [5.41, 5.74) is 2.26. The first kappa shape index (κ1) is 23.7. The number of aryl methyl sites for hydroxylation is 2. The number of carbonyl (C=O) groups is 4. The zero-order chi connectivity index (χ0) is 24.7. The molecule has 0 heterocycles. The van der Waals surface area contributed by atoms with Crippen molar-refractivity contribution in [1.82, 2.24) is 0 Å². The molecule has 0 saturated carbocycles. The summed E-state index contributed by atoms with van der Waals surface area (Å²) in [7, 11) is 2.79. The van der Waals surface area contributed by atoms with Gasteiger partial charge in [0, 0.05) is 34.1 Å². The number of benzene rings is 2. The van der Waals surface area contributed by atoms with Gasteiger partial charge < -0.3 is 14.6 Å². The van der Waals surface area contributed by atoms with Gasteiger partial charge in [-0.25, -0.2) is 0 Å². The number of Topliss-reactive ketones (excluding diaryl/α,β-unsaturated/α-hetero) is 2. The summed E-state index contributed by atoms with van der Waals surface area (Å²) in [6.45, 7) is 3.34. The third kappa shape index (κ3) is 3.69. The Hall–Kier alpha value is -3.49. The van der Waals surface area contributed by atoms with E-state index in [1.54, 1.807) is 32.0 Å². The maximum Gasteiger partial charge on any atom is 0.203 e. The zero-order valence-corrected chi connectivity index (χ0v) is 19.9. The van der Waals surface area contributed by atoms with Gasteiger partial charge in [-0.2, -0.15) is 0 Å². The number of rotatable bonds is 6. The monoisotopic (exact) mass is 478 g/mol. The highest BCUT2D eigenvalue weighted by Crippen LogP contribution is 2.43. The van der Waals surface area contributed by atoms with E-state index >= 15 is 0 Å². The molecule has 1 N–H and O–H groups in total. The molecule has 34 heavy (non-hydrogen) atoms.